The highest BCUT2D eigenvalue weighted by Gasteiger charge is 2.33. The molecule has 0 spiro atoms. The summed E-state index contributed by atoms with van der Waals surface area (Å²) < 4.78 is 5.21. The van der Waals surface area contributed by atoms with Gasteiger partial charge in [0.1, 0.15) is 5.75 Å². The number of hydrogen-bond donors (Lipinski definition) is 2. The molecular weight excluding hydrogens is 228 g/mol. The summed E-state index contributed by atoms with van der Waals surface area (Å²) in [5.74, 6) is 0.614. The van der Waals surface area contributed by atoms with E-state index in [4.69, 9.17) is 10.5 Å². The minimum Gasteiger partial charge on any atom is -0.495 e. The second-order valence-corrected chi connectivity index (χ2v) is 4.35. The Morgan fingerprint density at radius 2 is 1.94 bits per heavy atom. The summed E-state index contributed by atoms with van der Waals surface area (Å²) in [5, 5.41) is 2.91. The van der Waals surface area contributed by atoms with Crippen molar-refractivity contribution in [3.63, 3.8) is 0 Å². The fourth-order valence-electron chi connectivity index (χ4n) is 1.96. The molecule has 0 aliphatic rings. The Kier molecular flexibility index (Phi) is 5.16. The summed E-state index contributed by atoms with van der Waals surface area (Å²) in [7, 11) is 1.58. The van der Waals surface area contributed by atoms with Crippen LogP contribution in [0.1, 0.15) is 26.7 Å². The maximum atomic E-state index is 12.3. The predicted octanol–water partition coefficient (Wildman–Crippen LogP) is 2.40. The lowest BCUT2D eigenvalue weighted by molar-refractivity contribution is -0.125. The standard InChI is InChI=1S/C14H22N2O2/c1-4-14(5-2,10-15)13(17)16-11-8-6-7-9-12(11)18-3/h6-9H,4-5,10,15H2,1-3H3,(H,16,17). The predicted molar refractivity (Wildman–Crippen MR) is 73.7 cm³/mol. The average molecular weight is 250 g/mol. The third-order valence-corrected chi connectivity index (χ3v) is 3.58. The molecule has 0 aliphatic heterocycles. The van der Waals surface area contributed by atoms with Gasteiger partial charge in [-0.05, 0) is 25.0 Å². The molecule has 0 aliphatic carbocycles. The number of ether oxygens (including phenoxy) is 1. The molecule has 1 amide bonds. The van der Waals surface area contributed by atoms with Crippen molar-refractivity contribution < 1.29 is 9.53 Å². The van der Waals surface area contributed by atoms with E-state index in [0.717, 1.165) is 12.8 Å². The van der Waals surface area contributed by atoms with Crippen LogP contribution in [0.15, 0.2) is 24.3 Å². The number of carbonyl (C=O) groups is 1. The Morgan fingerprint density at radius 1 is 1.33 bits per heavy atom. The highest BCUT2D eigenvalue weighted by Crippen LogP contribution is 2.29. The molecule has 1 aromatic carbocycles. The molecule has 0 saturated carbocycles. The van der Waals surface area contributed by atoms with Crippen molar-refractivity contribution in [1.82, 2.24) is 0 Å². The topological polar surface area (TPSA) is 64.4 Å². The maximum Gasteiger partial charge on any atom is 0.231 e. The first-order valence-electron chi connectivity index (χ1n) is 6.28. The number of nitrogens with two attached hydrogens (primary N) is 1. The van der Waals surface area contributed by atoms with E-state index in [-0.39, 0.29) is 5.91 Å². The van der Waals surface area contributed by atoms with E-state index < -0.39 is 5.41 Å². The van der Waals surface area contributed by atoms with Crippen LogP contribution in [0.4, 0.5) is 5.69 Å². The molecule has 0 aromatic heterocycles. The van der Waals surface area contributed by atoms with Gasteiger partial charge in [0.05, 0.1) is 18.2 Å². The molecule has 1 rings (SSSR count). The largest absolute Gasteiger partial charge is 0.495 e. The van der Waals surface area contributed by atoms with Crippen molar-refractivity contribution in [3.8, 4) is 5.75 Å². The molecule has 0 saturated heterocycles. The highest BCUT2D eigenvalue weighted by molar-refractivity contribution is 5.96. The molecule has 1 aromatic rings. The average Bonchev–Trinajstić information content (AvgIpc) is 2.42. The number of methoxy groups -OCH3 is 1. The van der Waals surface area contributed by atoms with E-state index in [2.05, 4.69) is 5.32 Å². The first kappa shape index (κ1) is 14.5. The van der Waals surface area contributed by atoms with E-state index in [0.29, 0.717) is 18.0 Å². The van der Waals surface area contributed by atoms with Crippen molar-refractivity contribution in [2.45, 2.75) is 26.7 Å². The quantitative estimate of drug-likeness (QED) is 0.814. The fourth-order valence-corrected chi connectivity index (χ4v) is 1.96. The summed E-state index contributed by atoms with van der Waals surface area (Å²) in [6.07, 6.45) is 1.45. The summed E-state index contributed by atoms with van der Waals surface area (Å²) in [5.41, 5.74) is 5.95. The lowest BCUT2D eigenvalue weighted by Gasteiger charge is -2.28. The van der Waals surface area contributed by atoms with Gasteiger partial charge in [0, 0.05) is 6.54 Å². The van der Waals surface area contributed by atoms with Crippen LogP contribution in [-0.4, -0.2) is 19.6 Å². The molecule has 18 heavy (non-hydrogen) atoms. The zero-order chi connectivity index (χ0) is 13.6. The second kappa shape index (κ2) is 6.40. The summed E-state index contributed by atoms with van der Waals surface area (Å²) >= 11 is 0. The first-order valence-corrected chi connectivity index (χ1v) is 6.28. The Morgan fingerprint density at radius 3 is 2.44 bits per heavy atom. The van der Waals surface area contributed by atoms with E-state index in [1.165, 1.54) is 0 Å². The third-order valence-electron chi connectivity index (χ3n) is 3.58. The number of amides is 1. The lowest BCUT2D eigenvalue weighted by Crippen LogP contribution is -2.41. The van der Waals surface area contributed by atoms with Crippen LogP contribution in [0, 0.1) is 5.41 Å². The Hall–Kier alpha value is -1.55. The number of nitrogens with one attached hydrogen (secondary N) is 1. The van der Waals surface area contributed by atoms with E-state index in [9.17, 15) is 4.79 Å². The van der Waals surface area contributed by atoms with Crippen LogP contribution in [0.25, 0.3) is 0 Å². The van der Waals surface area contributed by atoms with Crippen LogP contribution < -0.4 is 15.8 Å². The molecular formula is C14H22N2O2. The third kappa shape index (κ3) is 2.82. The van der Waals surface area contributed by atoms with Crippen LogP contribution >= 0.6 is 0 Å². The molecule has 0 atom stereocenters. The van der Waals surface area contributed by atoms with Crippen LogP contribution in [0.2, 0.25) is 0 Å². The molecule has 0 radical (unpaired) electrons. The molecule has 4 heteroatoms. The number of anilines is 1. The van der Waals surface area contributed by atoms with Crippen LogP contribution in [0.3, 0.4) is 0 Å². The molecule has 4 nitrogen and oxygen atoms in total. The minimum absolute atomic E-state index is 0.0421. The Labute approximate surface area is 109 Å². The molecule has 0 bridgehead atoms. The van der Waals surface area contributed by atoms with Gasteiger partial charge in [-0.3, -0.25) is 4.79 Å². The van der Waals surface area contributed by atoms with E-state index in [1.807, 2.05) is 38.1 Å². The van der Waals surface area contributed by atoms with Crippen LogP contribution in [-0.2, 0) is 4.79 Å². The number of carbonyl (C=O) groups excluding carboxylic acids is 1. The molecule has 0 fully saturated rings. The SMILES string of the molecule is CCC(CC)(CN)C(=O)Nc1ccccc1OC. The minimum atomic E-state index is -0.499. The van der Waals surface area contributed by atoms with Crippen molar-refractivity contribution >= 4 is 11.6 Å². The van der Waals surface area contributed by atoms with Gasteiger partial charge in [0.15, 0.2) is 0 Å². The lowest BCUT2D eigenvalue weighted by atomic mass is 9.81. The van der Waals surface area contributed by atoms with Gasteiger partial charge in [0.25, 0.3) is 0 Å². The first-order chi connectivity index (χ1) is 8.63. The summed E-state index contributed by atoms with van der Waals surface area (Å²) in [6, 6.07) is 7.37. The molecule has 100 valence electrons. The fraction of sp³-hybridized carbons (Fsp3) is 0.500. The molecule has 0 unspecified atom stereocenters. The van der Waals surface area contributed by atoms with Crippen molar-refractivity contribution in [2.75, 3.05) is 19.0 Å². The number of hydrogen-bond acceptors (Lipinski definition) is 3. The maximum absolute atomic E-state index is 12.3. The van der Waals surface area contributed by atoms with Crippen molar-refractivity contribution in [2.24, 2.45) is 11.1 Å². The van der Waals surface area contributed by atoms with E-state index >= 15 is 0 Å². The van der Waals surface area contributed by atoms with Gasteiger partial charge in [-0.15, -0.1) is 0 Å². The highest BCUT2D eigenvalue weighted by atomic mass is 16.5. The van der Waals surface area contributed by atoms with Gasteiger partial charge in [0.2, 0.25) is 5.91 Å². The normalized spacial score (nSPS) is 11.1. The van der Waals surface area contributed by atoms with Crippen molar-refractivity contribution in [1.29, 1.82) is 0 Å². The summed E-state index contributed by atoms with van der Waals surface area (Å²) in [4.78, 5) is 12.3. The van der Waals surface area contributed by atoms with Gasteiger partial charge in [-0.2, -0.15) is 0 Å². The second-order valence-electron chi connectivity index (χ2n) is 4.35. The van der Waals surface area contributed by atoms with Gasteiger partial charge >= 0.3 is 0 Å². The molecule has 0 heterocycles. The monoisotopic (exact) mass is 250 g/mol. The number of rotatable bonds is 6. The number of para-hydroxylation sites is 2. The smallest absolute Gasteiger partial charge is 0.231 e. The van der Waals surface area contributed by atoms with Crippen LogP contribution in [0.5, 0.6) is 5.75 Å². The zero-order valence-corrected chi connectivity index (χ0v) is 11.3. The van der Waals surface area contributed by atoms with E-state index in [1.54, 1.807) is 7.11 Å². The van der Waals surface area contributed by atoms with Gasteiger partial charge in [-0.25, -0.2) is 0 Å². The van der Waals surface area contributed by atoms with Gasteiger partial charge in [-0.1, -0.05) is 26.0 Å². The zero-order valence-electron chi connectivity index (χ0n) is 11.3. The molecule has 3 N–H and O–H groups in total. The Balaban J connectivity index is 2.93. The van der Waals surface area contributed by atoms with Gasteiger partial charge < -0.3 is 15.8 Å². The van der Waals surface area contributed by atoms with Crippen molar-refractivity contribution in [3.05, 3.63) is 24.3 Å². The number of benzene rings is 1. The summed E-state index contributed by atoms with van der Waals surface area (Å²) in [6.45, 7) is 4.32. The Bertz CT molecular complexity index is 392.